The molecule has 0 bridgehead atoms. The molecule has 0 radical (unpaired) electrons. The molecule has 0 saturated heterocycles. The molecule has 1 heterocycles. The lowest BCUT2D eigenvalue weighted by molar-refractivity contribution is 0.219. The van der Waals surface area contributed by atoms with Crippen molar-refractivity contribution in [3.05, 3.63) is 53.1 Å². The molecule has 1 N–H and O–H groups in total. The van der Waals surface area contributed by atoms with E-state index in [-0.39, 0.29) is 5.28 Å². The molecule has 1 unspecified atom stereocenters. The van der Waals surface area contributed by atoms with Gasteiger partial charge in [-0.2, -0.15) is 0 Å². The van der Waals surface area contributed by atoms with Crippen molar-refractivity contribution in [2.24, 2.45) is 0 Å². The minimum absolute atomic E-state index is 0.159. The highest BCUT2D eigenvalue weighted by Gasteiger charge is 2.11. The summed E-state index contributed by atoms with van der Waals surface area (Å²) in [6, 6.07) is 7.20. The van der Waals surface area contributed by atoms with E-state index in [1.165, 1.54) is 12.4 Å². The van der Waals surface area contributed by atoms with Crippen LogP contribution in [0.15, 0.2) is 36.7 Å². The first-order valence-corrected chi connectivity index (χ1v) is 5.38. The number of halogens is 1. The van der Waals surface area contributed by atoms with Crippen LogP contribution < -0.4 is 4.74 Å². The second-order valence-corrected chi connectivity index (χ2v) is 3.80. The predicted octanol–water partition coefficient (Wildman–Crippen LogP) is 2.22. The first kappa shape index (κ1) is 11.8. The molecular formula is C12H11ClN2O2. The summed E-state index contributed by atoms with van der Waals surface area (Å²) in [6.07, 6.45) is 2.21. The number of aliphatic hydroxyl groups is 1. The van der Waals surface area contributed by atoms with Crippen molar-refractivity contribution in [2.75, 3.05) is 7.11 Å². The Bertz CT molecular complexity index is 502. The van der Waals surface area contributed by atoms with Gasteiger partial charge in [0.2, 0.25) is 5.28 Å². The number of methoxy groups -OCH3 is 1. The minimum Gasteiger partial charge on any atom is -0.497 e. The van der Waals surface area contributed by atoms with Crippen LogP contribution in [0.3, 0.4) is 0 Å². The summed E-state index contributed by atoms with van der Waals surface area (Å²) in [5, 5.41) is 10.3. The molecule has 1 aromatic heterocycles. The molecule has 1 aromatic carbocycles. The van der Waals surface area contributed by atoms with Gasteiger partial charge in [-0.15, -0.1) is 0 Å². The maximum atomic E-state index is 10.1. The number of ether oxygens (including phenoxy) is 1. The molecule has 0 spiro atoms. The van der Waals surface area contributed by atoms with Crippen molar-refractivity contribution in [2.45, 2.75) is 6.10 Å². The standard InChI is InChI=1S/C12H11ClN2O2/c1-17-10-4-2-3-8(5-10)11(16)9-6-14-12(13)15-7-9/h2-7,11,16H,1H3. The minimum atomic E-state index is -0.789. The largest absolute Gasteiger partial charge is 0.497 e. The molecule has 0 aliphatic carbocycles. The molecule has 0 aliphatic heterocycles. The van der Waals surface area contributed by atoms with Crippen molar-refractivity contribution < 1.29 is 9.84 Å². The molecule has 1 atom stereocenters. The Hall–Kier alpha value is -1.65. The van der Waals surface area contributed by atoms with Crippen LogP contribution in [-0.2, 0) is 0 Å². The Labute approximate surface area is 104 Å². The molecular weight excluding hydrogens is 240 g/mol. The van der Waals surface area contributed by atoms with Gasteiger partial charge in [0, 0.05) is 18.0 Å². The zero-order valence-corrected chi connectivity index (χ0v) is 9.93. The van der Waals surface area contributed by atoms with E-state index in [0.717, 1.165) is 5.56 Å². The maximum absolute atomic E-state index is 10.1. The van der Waals surface area contributed by atoms with Gasteiger partial charge < -0.3 is 9.84 Å². The lowest BCUT2D eigenvalue weighted by atomic mass is 10.0. The number of benzene rings is 1. The van der Waals surface area contributed by atoms with Crippen LogP contribution in [0.25, 0.3) is 0 Å². The zero-order chi connectivity index (χ0) is 12.3. The van der Waals surface area contributed by atoms with E-state index in [1.807, 2.05) is 18.2 Å². The van der Waals surface area contributed by atoms with Crippen LogP contribution in [0.4, 0.5) is 0 Å². The first-order valence-electron chi connectivity index (χ1n) is 5.00. The Morgan fingerprint density at radius 3 is 2.59 bits per heavy atom. The Kier molecular flexibility index (Phi) is 3.56. The number of aliphatic hydroxyl groups excluding tert-OH is 1. The number of hydrogen-bond acceptors (Lipinski definition) is 4. The van der Waals surface area contributed by atoms with E-state index >= 15 is 0 Å². The Morgan fingerprint density at radius 2 is 1.94 bits per heavy atom. The lowest BCUT2D eigenvalue weighted by Crippen LogP contribution is -2.01. The van der Waals surface area contributed by atoms with Gasteiger partial charge in [0.15, 0.2) is 0 Å². The van der Waals surface area contributed by atoms with Crippen LogP contribution in [0.2, 0.25) is 5.28 Å². The van der Waals surface area contributed by atoms with Gasteiger partial charge in [0.25, 0.3) is 0 Å². The average molecular weight is 251 g/mol. The van der Waals surface area contributed by atoms with Crippen LogP contribution in [-0.4, -0.2) is 22.2 Å². The van der Waals surface area contributed by atoms with E-state index in [1.54, 1.807) is 13.2 Å². The first-order chi connectivity index (χ1) is 8.20. The SMILES string of the molecule is COc1cccc(C(O)c2cnc(Cl)nc2)c1. The molecule has 2 rings (SSSR count). The summed E-state index contributed by atoms with van der Waals surface area (Å²) in [4.78, 5) is 7.66. The third kappa shape index (κ3) is 2.72. The molecule has 2 aromatic rings. The molecule has 0 saturated carbocycles. The fourth-order valence-corrected chi connectivity index (χ4v) is 1.57. The van der Waals surface area contributed by atoms with Crippen LogP contribution in [0.5, 0.6) is 5.75 Å². The number of aromatic nitrogens is 2. The van der Waals surface area contributed by atoms with E-state index < -0.39 is 6.10 Å². The van der Waals surface area contributed by atoms with Crippen molar-refractivity contribution in [1.82, 2.24) is 9.97 Å². The summed E-state index contributed by atoms with van der Waals surface area (Å²) in [5.41, 5.74) is 1.30. The summed E-state index contributed by atoms with van der Waals surface area (Å²) in [7, 11) is 1.58. The summed E-state index contributed by atoms with van der Waals surface area (Å²) in [6.45, 7) is 0. The third-order valence-electron chi connectivity index (χ3n) is 2.37. The molecule has 88 valence electrons. The van der Waals surface area contributed by atoms with Crippen LogP contribution >= 0.6 is 11.6 Å². The number of hydrogen-bond donors (Lipinski definition) is 1. The van der Waals surface area contributed by atoms with Gasteiger partial charge in [0.05, 0.1) is 7.11 Å². The van der Waals surface area contributed by atoms with E-state index in [9.17, 15) is 5.11 Å². The maximum Gasteiger partial charge on any atom is 0.222 e. The number of nitrogens with zero attached hydrogens (tertiary/aromatic N) is 2. The predicted molar refractivity (Wildman–Crippen MR) is 64.1 cm³/mol. The average Bonchev–Trinajstić information content (AvgIpc) is 2.39. The Morgan fingerprint density at radius 1 is 1.24 bits per heavy atom. The normalized spacial score (nSPS) is 12.2. The third-order valence-corrected chi connectivity index (χ3v) is 2.56. The van der Waals surface area contributed by atoms with Crippen molar-refractivity contribution >= 4 is 11.6 Å². The van der Waals surface area contributed by atoms with Gasteiger partial charge in [-0.05, 0) is 29.3 Å². The summed E-state index contributed by atoms with van der Waals surface area (Å²) >= 11 is 5.59. The van der Waals surface area contributed by atoms with Gasteiger partial charge in [-0.1, -0.05) is 12.1 Å². The smallest absolute Gasteiger partial charge is 0.222 e. The fourth-order valence-electron chi connectivity index (χ4n) is 1.47. The van der Waals surface area contributed by atoms with Crippen molar-refractivity contribution in [3.63, 3.8) is 0 Å². The number of rotatable bonds is 3. The van der Waals surface area contributed by atoms with Crippen molar-refractivity contribution in [3.8, 4) is 5.75 Å². The quantitative estimate of drug-likeness (QED) is 0.849. The Balaban J connectivity index is 2.29. The second kappa shape index (κ2) is 5.12. The highest BCUT2D eigenvalue weighted by molar-refractivity contribution is 6.28. The van der Waals surface area contributed by atoms with E-state index in [0.29, 0.717) is 11.3 Å². The van der Waals surface area contributed by atoms with E-state index in [2.05, 4.69) is 9.97 Å². The molecule has 4 nitrogen and oxygen atoms in total. The zero-order valence-electron chi connectivity index (χ0n) is 9.17. The van der Waals surface area contributed by atoms with Gasteiger partial charge in [-0.3, -0.25) is 0 Å². The van der Waals surface area contributed by atoms with Crippen LogP contribution in [0, 0.1) is 0 Å². The van der Waals surface area contributed by atoms with Gasteiger partial charge in [-0.25, -0.2) is 9.97 Å². The van der Waals surface area contributed by atoms with Crippen LogP contribution in [0.1, 0.15) is 17.2 Å². The van der Waals surface area contributed by atoms with E-state index in [4.69, 9.17) is 16.3 Å². The molecule has 0 fully saturated rings. The monoisotopic (exact) mass is 250 g/mol. The summed E-state index contributed by atoms with van der Waals surface area (Å²) < 4.78 is 5.10. The molecule has 0 amide bonds. The second-order valence-electron chi connectivity index (χ2n) is 3.46. The fraction of sp³-hybridized carbons (Fsp3) is 0.167. The topological polar surface area (TPSA) is 55.2 Å². The van der Waals surface area contributed by atoms with Crippen molar-refractivity contribution in [1.29, 1.82) is 0 Å². The lowest BCUT2D eigenvalue weighted by Gasteiger charge is -2.11. The summed E-state index contributed by atoms with van der Waals surface area (Å²) in [5.74, 6) is 0.691. The molecule has 5 heteroatoms. The van der Waals surface area contributed by atoms with Gasteiger partial charge in [0.1, 0.15) is 11.9 Å². The molecule has 0 aliphatic rings. The highest BCUT2D eigenvalue weighted by atomic mass is 35.5. The highest BCUT2D eigenvalue weighted by Crippen LogP contribution is 2.24. The van der Waals surface area contributed by atoms with Gasteiger partial charge >= 0.3 is 0 Å². The molecule has 17 heavy (non-hydrogen) atoms.